The van der Waals surface area contributed by atoms with E-state index in [1.54, 1.807) is 0 Å². The van der Waals surface area contributed by atoms with Crippen molar-refractivity contribution >= 4 is 0 Å². The van der Waals surface area contributed by atoms with Crippen molar-refractivity contribution in [2.75, 3.05) is 13.1 Å². The molecular formula is C14H29N. The molecule has 1 fully saturated rings. The lowest BCUT2D eigenvalue weighted by Crippen LogP contribution is -2.26. The number of nitrogens with zero attached hydrogens (tertiary/aromatic N) is 1. The maximum absolute atomic E-state index is 3.80. The minimum Gasteiger partial charge on any atom is -0.297 e. The van der Waals surface area contributed by atoms with Gasteiger partial charge in [-0.15, -0.1) is 13.2 Å². The maximum Gasteiger partial charge on any atom is 0.0275 e. The minimum absolute atomic E-state index is 0.676. The highest BCUT2D eigenvalue weighted by molar-refractivity contribution is 4.91. The van der Waals surface area contributed by atoms with Gasteiger partial charge in [-0.25, -0.2) is 0 Å². The van der Waals surface area contributed by atoms with E-state index in [0.29, 0.717) is 6.04 Å². The van der Waals surface area contributed by atoms with Crippen LogP contribution in [0.5, 0.6) is 0 Å². The fraction of sp³-hybridized carbons (Fsp3) is 0.714. The van der Waals surface area contributed by atoms with Crippen molar-refractivity contribution in [3.8, 4) is 0 Å². The number of likely N-dealkylation sites (tertiary alicyclic amines) is 1. The molecule has 0 aliphatic carbocycles. The van der Waals surface area contributed by atoms with Crippen LogP contribution in [0.3, 0.4) is 0 Å². The van der Waals surface area contributed by atoms with E-state index in [-0.39, 0.29) is 0 Å². The number of hydrogen-bond acceptors (Lipinski definition) is 1. The average Bonchev–Trinajstić information content (AvgIpc) is 2.79. The van der Waals surface area contributed by atoms with Crippen molar-refractivity contribution < 1.29 is 0 Å². The van der Waals surface area contributed by atoms with Crippen LogP contribution in [0.1, 0.15) is 47.0 Å². The van der Waals surface area contributed by atoms with Crippen LogP contribution in [0.2, 0.25) is 0 Å². The minimum atomic E-state index is 0.676. The molecule has 1 rings (SSSR count). The lowest BCUT2D eigenvalue weighted by Gasteiger charge is -2.18. The van der Waals surface area contributed by atoms with Gasteiger partial charge >= 0.3 is 0 Å². The number of allylic oxidation sites excluding steroid dienone is 1. The molecule has 0 radical (unpaired) electrons. The van der Waals surface area contributed by atoms with Crippen molar-refractivity contribution in [2.24, 2.45) is 0 Å². The average molecular weight is 211 g/mol. The van der Waals surface area contributed by atoms with Gasteiger partial charge in [-0.2, -0.15) is 0 Å². The summed E-state index contributed by atoms with van der Waals surface area (Å²) in [5.41, 5.74) is 0. The first-order valence-electron chi connectivity index (χ1n) is 6.27. The Morgan fingerprint density at radius 2 is 1.80 bits per heavy atom. The second-order valence-corrected chi connectivity index (χ2v) is 3.27. The van der Waals surface area contributed by atoms with Gasteiger partial charge in [0.2, 0.25) is 0 Å². The summed E-state index contributed by atoms with van der Waals surface area (Å²) in [6.45, 7) is 18.0. The maximum atomic E-state index is 3.80. The molecule has 15 heavy (non-hydrogen) atoms. The van der Waals surface area contributed by atoms with E-state index in [1.807, 2.05) is 19.9 Å². The summed E-state index contributed by atoms with van der Waals surface area (Å²) in [6, 6.07) is 0.676. The Kier molecular flexibility index (Phi) is 15.1. The molecule has 0 aromatic carbocycles. The summed E-state index contributed by atoms with van der Waals surface area (Å²) in [4.78, 5) is 2.47. The Bertz CT molecular complexity index is 140. The molecule has 0 saturated carbocycles. The molecular weight excluding hydrogens is 182 g/mol. The fourth-order valence-electron chi connectivity index (χ4n) is 1.51. The molecule has 1 atom stereocenters. The lowest BCUT2D eigenvalue weighted by molar-refractivity contribution is 0.306. The summed E-state index contributed by atoms with van der Waals surface area (Å²) >= 11 is 0. The highest BCUT2D eigenvalue weighted by Crippen LogP contribution is 2.16. The van der Waals surface area contributed by atoms with Gasteiger partial charge < -0.3 is 0 Å². The Hall–Kier alpha value is -0.560. The van der Waals surface area contributed by atoms with Gasteiger partial charge in [0.25, 0.3) is 0 Å². The van der Waals surface area contributed by atoms with Gasteiger partial charge in [0, 0.05) is 6.04 Å². The van der Waals surface area contributed by atoms with E-state index >= 15 is 0 Å². The fourth-order valence-corrected chi connectivity index (χ4v) is 1.51. The SMILES string of the molecule is C=CC1CCCN1CC.C=CCC.CC. The standard InChI is InChI=1S/C8H15N.C4H8.C2H6/c1-3-8-6-5-7-9(8)4-2;1-3-4-2;1-2/h3,8H,1,4-7H2,2H3;3H,1,4H2,2H3;1-2H3. The smallest absolute Gasteiger partial charge is 0.0275 e. The van der Waals surface area contributed by atoms with Crippen molar-refractivity contribution in [3.63, 3.8) is 0 Å². The van der Waals surface area contributed by atoms with Crippen LogP contribution in [0.4, 0.5) is 0 Å². The van der Waals surface area contributed by atoms with Gasteiger partial charge in [-0.05, 0) is 32.4 Å². The quantitative estimate of drug-likeness (QED) is 0.630. The van der Waals surface area contributed by atoms with E-state index in [9.17, 15) is 0 Å². The molecule has 0 bridgehead atoms. The third-order valence-corrected chi connectivity index (χ3v) is 2.38. The first-order chi connectivity index (χ1) is 7.29. The molecule has 1 aliphatic rings. The second kappa shape index (κ2) is 13.4. The van der Waals surface area contributed by atoms with E-state index in [4.69, 9.17) is 0 Å². The van der Waals surface area contributed by atoms with Crippen LogP contribution in [0, 0.1) is 0 Å². The van der Waals surface area contributed by atoms with Crippen molar-refractivity contribution in [1.29, 1.82) is 0 Å². The topological polar surface area (TPSA) is 3.24 Å². The number of likely N-dealkylation sites (N-methyl/N-ethyl adjacent to an activating group) is 1. The lowest BCUT2D eigenvalue weighted by atomic mass is 10.2. The van der Waals surface area contributed by atoms with E-state index < -0.39 is 0 Å². The molecule has 90 valence electrons. The zero-order valence-electron chi connectivity index (χ0n) is 11.1. The molecule has 1 heterocycles. The van der Waals surface area contributed by atoms with E-state index in [2.05, 4.69) is 38.0 Å². The van der Waals surface area contributed by atoms with Crippen molar-refractivity contribution in [3.05, 3.63) is 25.3 Å². The Morgan fingerprint density at radius 1 is 1.27 bits per heavy atom. The summed E-state index contributed by atoms with van der Waals surface area (Å²) in [7, 11) is 0. The number of hydrogen-bond donors (Lipinski definition) is 0. The van der Waals surface area contributed by atoms with Crippen LogP contribution in [0.25, 0.3) is 0 Å². The first-order valence-corrected chi connectivity index (χ1v) is 6.27. The molecule has 1 unspecified atom stereocenters. The summed E-state index contributed by atoms with van der Waals surface area (Å²) in [5.74, 6) is 0. The second-order valence-electron chi connectivity index (χ2n) is 3.27. The van der Waals surface area contributed by atoms with Gasteiger partial charge in [-0.1, -0.05) is 39.8 Å². The number of rotatable bonds is 3. The Balaban J connectivity index is 0. The molecule has 0 aromatic rings. The van der Waals surface area contributed by atoms with Gasteiger partial charge in [0.15, 0.2) is 0 Å². The van der Waals surface area contributed by atoms with Gasteiger partial charge in [0.1, 0.15) is 0 Å². The van der Waals surface area contributed by atoms with Crippen LogP contribution in [-0.4, -0.2) is 24.0 Å². The largest absolute Gasteiger partial charge is 0.297 e. The van der Waals surface area contributed by atoms with Crippen molar-refractivity contribution in [2.45, 2.75) is 53.0 Å². The van der Waals surface area contributed by atoms with Crippen LogP contribution < -0.4 is 0 Å². The summed E-state index contributed by atoms with van der Waals surface area (Å²) < 4.78 is 0. The molecule has 1 aliphatic heterocycles. The van der Waals surface area contributed by atoms with E-state index in [1.165, 1.54) is 25.9 Å². The summed E-state index contributed by atoms with van der Waals surface area (Å²) in [6.07, 6.45) is 7.69. The molecule has 0 spiro atoms. The molecule has 1 heteroatoms. The van der Waals surface area contributed by atoms with E-state index in [0.717, 1.165) is 6.42 Å². The third kappa shape index (κ3) is 8.44. The van der Waals surface area contributed by atoms with Crippen LogP contribution in [-0.2, 0) is 0 Å². The normalized spacial score (nSPS) is 19.3. The Morgan fingerprint density at radius 3 is 2.07 bits per heavy atom. The molecule has 0 amide bonds. The van der Waals surface area contributed by atoms with Crippen molar-refractivity contribution in [1.82, 2.24) is 4.90 Å². The predicted molar refractivity (Wildman–Crippen MR) is 72.3 cm³/mol. The highest BCUT2D eigenvalue weighted by Gasteiger charge is 2.18. The zero-order chi connectivity index (χ0) is 12.1. The van der Waals surface area contributed by atoms with Crippen LogP contribution in [0.15, 0.2) is 25.3 Å². The predicted octanol–water partition coefficient (Wildman–Crippen LogP) is 4.27. The van der Waals surface area contributed by atoms with Gasteiger partial charge in [0.05, 0.1) is 0 Å². The summed E-state index contributed by atoms with van der Waals surface area (Å²) in [5, 5.41) is 0. The zero-order valence-corrected chi connectivity index (χ0v) is 11.1. The molecule has 0 N–H and O–H groups in total. The Labute approximate surface area is 96.9 Å². The van der Waals surface area contributed by atoms with Crippen LogP contribution >= 0.6 is 0 Å². The van der Waals surface area contributed by atoms with Gasteiger partial charge in [-0.3, -0.25) is 4.90 Å². The molecule has 1 saturated heterocycles. The monoisotopic (exact) mass is 211 g/mol. The third-order valence-electron chi connectivity index (χ3n) is 2.38. The highest BCUT2D eigenvalue weighted by atomic mass is 15.2. The molecule has 1 nitrogen and oxygen atoms in total. The molecule has 0 aromatic heterocycles. The first kappa shape index (κ1) is 16.9.